The van der Waals surface area contributed by atoms with E-state index in [2.05, 4.69) is 37.9 Å². The van der Waals surface area contributed by atoms with Crippen molar-refractivity contribution in [2.45, 2.75) is 77.6 Å². The van der Waals surface area contributed by atoms with E-state index >= 15 is 0 Å². The molecule has 0 radical (unpaired) electrons. The minimum Gasteiger partial charge on any atom is -0.381 e. The highest BCUT2D eigenvalue weighted by Crippen LogP contribution is 2.47. The van der Waals surface area contributed by atoms with Gasteiger partial charge in [0.05, 0.1) is 6.10 Å². The van der Waals surface area contributed by atoms with E-state index in [4.69, 9.17) is 4.74 Å². The van der Waals surface area contributed by atoms with Crippen molar-refractivity contribution in [2.75, 3.05) is 20.2 Å². The Hall–Kier alpha value is -0.120. The van der Waals surface area contributed by atoms with Gasteiger partial charge in [-0.3, -0.25) is 4.90 Å². The number of rotatable bonds is 5. The summed E-state index contributed by atoms with van der Waals surface area (Å²) >= 11 is 0. The molecule has 1 saturated heterocycles. The van der Waals surface area contributed by atoms with Crippen LogP contribution in [0.2, 0.25) is 0 Å². The van der Waals surface area contributed by atoms with Crippen LogP contribution in [-0.2, 0) is 4.74 Å². The largest absolute Gasteiger partial charge is 0.381 e. The predicted octanol–water partition coefficient (Wildman–Crippen LogP) is 2.65. The monoisotopic (exact) mass is 268 g/mol. The van der Waals surface area contributed by atoms with E-state index in [1.54, 1.807) is 0 Å². The number of likely N-dealkylation sites (tertiary alicyclic amines) is 1. The molecule has 4 unspecified atom stereocenters. The van der Waals surface area contributed by atoms with Gasteiger partial charge in [-0.25, -0.2) is 0 Å². The Kier molecular flexibility index (Phi) is 4.91. The first kappa shape index (κ1) is 15.3. The summed E-state index contributed by atoms with van der Waals surface area (Å²) in [5.74, 6) is 0. The summed E-state index contributed by atoms with van der Waals surface area (Å²) in [4.78, 5) is 2.74. The Morgan fingerprint density at radius 3 is 2.58 bits per heavy atom. The molecule has 0 aromatic rings. The average molecular weight is 268 g/mol. The van der Waals surface area contributed by atoms with E-state index in [0.29, 0.717) is 23.6 Å². The summed E-state index contributed by atoms with van der Waals surface area (Å²) in [5.41, 5.74) is 0.312. The fraction of sp³-hybridized carbons (Fsp3) is 1.00. The molecule has 0 bridgehead atoms. The SMILES string of the molecule is CCCNC1CCN(C2CC(OC)C2(C)C)C(C)C1. The molecule has 1 aliphatic carbocycles. The predicted molar refractivity (Wildman–Crippen MR) is 80.5 cm³/mol. The molecule has 1 aliphatic heterocycles. The van der Waals surface area contributed by atoms with Crippen molar-refractivity contribution >= 4 is 0 Å². The lowest BCUT2D eigenvalue weighted by Crippen LogP contribution is -2.65. The van der Waals surface area contributed by atoms with Crippen LogP contribution in [0.15, 0.2) is 0 Å². The highest BCUT2D eigenvalue weighted by molar-refractivity contribution is 5.05. The molecule has 0 aromatic heterocycles. The van der Waals surface area contributed by atoms with Gasteiger partial charge in [0, 0.05) is 37.2 Å². The maximum atomic E-state index is 5.59. The van der Waals surface area contributed by atoms with E-state index in [1.807, 2.05) is 7.11 Å². The maximum absolute atomic E-state index is 5.59. The molecule has 0 spiro atoms. The van der Waals surface area contributed by atoms with Gasteiger partial charge in [0.25, 0.3) is 0 Å². The molecule has 2 aliphatic rings. The normalized spacial score (nSPS) is 39.0. The standard InChI is InChI=1S/C16H32N2O/c1-6-8-17-13-7-9-18(12(2)10-13)14-11-15(19-5)16(14,3)4/h12-15,17H,6-11H2,1-5H3. The second-order valence-corrected chi connectivity index (χ2v) is 7.06. The van der Waals surface area contributed by atoms with E-state index in [0.717, 1.165) is 12.6 Å². The number of nitrogens with one attached hydrogen (secondary N) is 1. The van der Waals surface area contributed by atoms with Crippen molar-refractivity contribution in [3.63, 3.8) is 0 Å². The number of methoxy groups -OCH3 is 1. The Labute approximate surface area is 119 Å². The molecule has 0 amide bonds. The van der Waals surface area contributed by atoms with Gasteiger partial charge < -0.3 is 10.1 Å². The Bertz CT molecular complexity index is 292. The molecule has 2 rings (SSSR count). The van der Waals surface area contributed by atoms with E-state index in [9.17, 15) is 0 Å². The quantitative estimate of drug-likeness (QED) is 0.829. The number of hydrogen-bond donors (Lipinski definition) is 1. The van der Waals surface area contributed by atoms with Crippen LogP contribution < -0.4 is 5.32 Å². The fourth-order valence-electron chi connectivity index (χ4n) is 4.01. The minimum absolute atomic E-state index is 0.312. The van der Waals surface area contributed by atoms with Crippen LogP contribution in [0.25, 0.3) is 0 Å². The third kappa shape index (κ3) is 2.98. The number of hydrogen-bond acceptors (Lipinski definition) is 3. The van der Waals surface area contributed by atoms with Crippen LogP contribution in [0.1, 0.15) is 53.4 Å². The molecule has 1 heterocycles. The molecule has 19 heavy (non-hydrogen) atoms. The lowest BCUT2D eigenvalue weighted by atomic mass is 9.63. The van der Waals surface area contributed by atoms with Crippen molar-refractivity contribution in [2.24, 2.45) is 5.41 Å². The fourth-order valence-corrected chi connectivity index (χ4v) is 4.01. The molecule has 2 fully saturated rings. The van der Waals surface area contributed by atoms with Crippen LogP contribution in [0.5, 0.6) is 0 Å². The van der Waals surface area contributed by atoms with Crippen LogP contribution in [0.3, 0.4) is 0 Å². The minimum atomic E-state index is 0.312. The average Bonchev–Trinajstić information content (AvgIpc) is 2.37. The van der Waals surface area contributed by atoms with Gasteiger partial charge in [0.2, 0.25) is 0 Å². The first-order valence-corrected chi connectivity index (χ1v) is 8.02. The first-order chi connectivity index (χ1) is 9.00. The van der Waals surface area contributed by atoms with Crippen LogP contribution in [-0.4, -0.2) is 49.3 Å². The highest BCUT2D eigenvalue weighted by Gasteiger charge is 2.52. The van der Waals surface area contributed by atoms with E-state index in [-0.39, 0.29) is 0 Å². The van der Waals surface area contributed by atoms with Crippen molar-refractivity contribution in [3.8, 4) is 0 Å². The Morgan fingerprint density at radius 2 is 2.05 bits per heavy atom. The molecular formula is C16H32N2O. The zero-order chi connectivity index (χ0) is 14.0. The molecule has 3 nitrogen and oxygen atoms in total. The van der Waals surface area contributed by atoms with Crippen molar-refractivity contribution < 1.29 is 4.74 Å². The molecule has 1 N–H and O–H groups in total. The number of ether oxygens (including phenoxy) is 1. The maximum Gasteiger partial charge on any atom is 0.0652 e. The van der Waals surface area contributed by atoms with Gasteiger partial charge in [-0.2, -0.15) is 0 Å². The highest BCUT2D eigenvalue weighted by atomic mass is 16.5. The smallest absolute Gasteiger partial charge is 0.0652 e. The second kappa shape index (κ2) is 6.11. The molecular weight excluding hydrogens is 236 g/mol. The van der Waals surface area contributed by atoms with Crippen LogP contribution in [0.4, 0.5) is 0 Å². The third-order valence-corrected chi connectivity index (χ3v) is 5.42. The van der Waals surface area contributed by atoms with Gasteiger partial charge in [-0.15, -0.1) is 0 Å². The summed E-state index contributed by atoms with van der Waals surface area (Å²) in [6.07, 6.45) is 5.49. The molecule has 4 atom stereocenters. The van der Waals surface area contributed by atoms with Crippen molar-refractivity contribution in [1.82, 2.24) is 10.2 Å². The topological polar surface area (TPSA) is 24.5 Å². The Morgan fingerprint density at radius 1 is 1.32 bits per heavy atom. The third-order valence-electron chi connectivity index (χ3n) is 5.42. The zero-order valence-corrected chi connectivity index (χ0v) is 13.4. The van der Waals surface area contributed by atoms with Gasteiger partial charge in [-0.05, 0) is 39.2 Å². The molecule has 112 valence electrons. The molecule has 0 aromatic carbocycles. The number of piperidine rings is 1. The molecule has 3 heteroatoms. The number of nitrogens with zero attached hydrogens (tertiary/aromatic N) is 1. The van der Waals surface area contributed by atoms with Gasteiger partial charge in [0.1, 0.15) is 0 Å². The van der Waals surface area contributed by atoms with E-state index in [1.165, 1.54) is 32.2 Å². The first-order valence-electron chi connectivity index (χ1n) is 8.02. The lowest BCUT2D eigenvalue weighted by molar-refractivity contribution is -0.151. The summed E-state index contributed by atoms with van der Waals surface area (Å²) in [6.45, 7) is 11.8. The van der Waals surface area contributed by atoms with Crippen molar-refractivity contribution in [1.29, 1.82) is 0 Å². The van der Waals surface area contributed by atoms with Crippen LogP contribution >= 0.6 is 0 Å². The lowest BCUT2D eigenvalue weighted by Gasteiger charge is -2.58. The second-order valence-electron chi connectivity index (χ2n) is 7.06. The summed E-state index contributed by atoms with van der Waals surface area (Å²) in [6, 6.07) is 2.14. The van der Waals surface area contributed by atoms with Crippen molar-refractivity contribution in [3.05, 3.63) is 0 Å². The summed E-state index contributed by atoms with van der Waals surface area (Å²) in [5, 5.41) is 3.69. The Balaban J connectivity index is 1.87. The van der Waals surface area contributed by atoms with Crippen LogP contribution in [0, 0.1) is 5.41 Å². The van der Waals surface area contributed by atoms with Gasteiger partial charge in [-0.1, -0.05) is 20.8 Å². The van der Waals surface area contributed by atoms with Gasteiger partial charge >= 0.3 is 0 Å². The summed E-state index contributed by atoms with van der Waals surface area (Å²) < 4.78 is 5.59. The zero-order valence-electron chi connectivity index (χ0n) is 13.4. The summed E-state index contributed by atoms with van der Waals surface area (Å²) in [7, 11) is 1.85. The molecule has 1 saturated carbocycles. The van der Waals surface area contributed by atoms with E-state index < -0.39 is 0 Å². The van der Waals surface area contributed by atoms with Gasteiger partial charge in [0.15, 0.2) is 0 Å².